The van der Waals surface area contributed by atoms with Crippen molar-refractivity contribution < 1.29 is 9.59 Å². The largest absolute Gasteiger partial charge is 0.373 e. The minimum atomic E-state index is -0.547. The summed E-state index contributed by atoms with van der Waals surface area (Å²) in [6.07, 6.45) is 1.07. The lowest BCUT2D eigenvalue weighted by Crippen LogP contribution is -2.34. The van der Waals surface area contributed by atoms with E-state index in [4.69, 9.17) is 11.6 Å². The van der Waals surface area contributed by atoms with Crippen molar-refractivity contribution in [2.75, 3.05) is 10.2 Å². The predicted octanol–water partition coefficient (Wildman–Crippen LogP) is 3.65. The molecule has 0 spiro atoms. The monoisotopic (exact) mass is 328 g/mol. The molecule has 0 aromatic heterocycles. The van der Waals surface area contributed by atoms with Crippen LogP contribution in [-0.2, 0) is 16.0 Å². The Morgan fingerprint density at radius 1 is 1.09 bits per heavy atom. The first-order valence-corrected chi connectivity index (χ1v) is 7.94. The first kappa shape index (κ1) is 15.6. The summed E-state index contributed by atoms with van der Waals surface area (Å²) < 4.78 is 0. The van der Waals surface area contributed by atoms with E-state index in [1.54, 1.807) is 24.3 Å². The first-order valence-electron chi connectivity index (χ1n) is 7.56. The van der Waals surface area contributed by atoms with Gasteiger partial charge >= 0.3 is 0 Å². The molecule has 4 nitrogen and oxygen atoms in total. The van der Waals surface area contributed by atoms with E-state index in [0.29, 0.717) is 10.7 Å². The highest BCUT2D eigenvalue weighted by atomic mass is 35.5. The molecular formula is C18H17ClN2O2. The zero-order chi connectivity index (χ0) is 16.4. The molecule has 1 saturated heterocycles. The Morgan fingerprint density at radius 2 is 1.74 bits per heavy atom. The van der Waals surface area contributed by atoms with Gasteiger partial charge in [0.25, 0.3) is 5.91 Å². The normalized spacial score (nSPS) is 17.7. The van der Waals surface area contributed by atoms with Gasteiger partial charge in [0.1, 0.15) is 6.04 Å². The molecule has 1 aliphatic rings. The molecule has 2 amide bonds. The summed E-state index contributed by atoms with van der Waals surface area (Å²) in [6, 6.07) is 14.0. The Kier molecular flexibility index (Phi) is 4.35. The van der Waals surface area contributed by atoms with E-state index >= 15 is 0 Å². The van der Waals surface area contributed by atoms with Crippen molar-refractivity contribution in [2.45, 2.75) is 25.8 Å². The van der Waals surface area contributed by atoms with Crippen LogP contribution in [0.15, 0.2) is 48.5 Å². The van der Waals surface area contributed by atoms with E-state index in [-0.39, 0.29) is 18.2 Å². The molecule has 2 aromatic rings. The lowest BCUT2D eigenvalue weighted by Gasteiger charge is -2.16. The molecule has 1 fully saturated rings. The summed E-state index contributed by atoms with van der Waals surface area (Å²) >= 11 is 5.85. The van der Waals surface area contributed by atoms with Gasteiger partial charge < -0.3 is 5.32 Å². The van der Waals surface area contributed by atoms with Crippen LogP contribution in [0.1, 0.15) is 18.9 Å². The fraction of sp³-hybridized carbons (Fsp3) is 0.222. The Bertz CT molecular complexity index is 726. The molecule has 1 N–H and O–H groups in total. The summed E-state index contributed by atoms with van der Waals surface area (Å²) in [5.74, 6) is -0.417. The number of rotatable bonds is 4. The summed E-state index contributed by atoms with van der Waals surface area (Å²) in [7, 11) is 0. The van der Waals surface area contributed by atoms with Crippen LogP contribution in [0.5, 0.6) is 0 Å². The predicted molar refractivity (Wildman–Crippen MR) is 91.8 cm³/mol. The highest BCUT2D eigenvalue weighted by Crippen LogP contribution is 2.25. The smallest absolute Gasteiger partial charge is 0.256 e. The van der Waals surface area contributed by atoms with Gasteiger partial charge in [0.05, 0.1) is 12.1 Å². The lowest BCUT2D eigenvalue weighted by molar-refractivity contribution is -0.121. The molecule has 1 atom stereocenters. The summed E-state index contributed by atoms with van der Waals surface area (Å²) in [6.45, 7) is 2.06. The molecule has 5 heteroatoms. The van der Waals surface area contributed by atoms with Gasteiger partial charge in [-0.2, -0.15) is 0 Å². The second kappa shape index (κ2) is 6.42. The van der Waals surface area contributed by atoms with Crippen molar-refractivity contribution in [3.63, 3.8) is 0 Å². The third kappa shape index (κ3) is 3.22. The SMILES string of the molecule is CCc1ccc(N2C(=O)C[C@H](Nc3ccc(Cl)cc3)C2=O)cc1. The minimum absolute atomic E-state index is 0.150. The van der Waals surface area contributed by atoms with Gasteiger partial charge in [-0.25, -0.2) is 4.90 Å². The van der Waals surface area contributed by atoms with Crippen LogP contribution >= 0.6 is 11.6 Å². The first-order chi connectivity index (χ1) is 11.1. The van der Waals surface area contributed by atoms with E-state index < -0.39 is 6.04 Å². The summed E-state index contributed by atoms with van der Waals surface area (Å²) in [5.41, 5.74) is 2.56. The van der Waals surface area contributed by atoms with E-state index in [1.807, 2.05) is 24.3 Å². The minimum Gasteiger partial charge on any atom is -0.373 e. The van der Waals surface area contributed by atoms with Gasteiger partial charge in [0.2, 0.25) is 5.91 Å². The average molecular weight is 329 g/mol. The zero-order valence-corrected chi connectivity index (χ0v) is 13.5. The maximum atomic E-state index is 12.6. The highest BCUT2D eigenvalue weighted by molar-refractivity contribution is 6.30. The molecule has 0 bridgehead atoms. The van der Waals surface area contributed by atoms with Gasteiger partial charge in [0, 0.05) is 10.7 Å². The van der Waals surface area contributed by atoms with Crippen molar-refractivity contribution in [2.24, 2.45) is 0 Å². The lowest BCUT2D eigenvalue weighted by atomic mass is 10.1. The maximum absolute atomic E-state index is 12.6. The van der Waals surface area contributed by atoms with Crippen LogP contribution in [0.4, 0.5) is 11.4 Å². The number of aryl methyl sites for hydroxylation is 1. The zero-order valence-electron chi connectivity index (χ0n) is 12.8. The van der Waals surface area contributed by atoms with Crippen LogP contribution in [0.3, 0.4) is 0 Å². The third-order valence-corrected chi connectivity index (χ3v) is 4.19. The number of benzene rings is 2. The van der Waals surface area contributed by atoms with E-state index in [9.17, 15) is 9.59 Å². The molecule has 0 saturated carbocycles. The van der Waals surface area contributed by atoms with Gasteiger partial charge in [-0.15, -0.1) is 0 Å². The standard InChI is InChI=1S/C18H17ClN2O2/c1-2-12-3-9-15(10-4-12)21-17(22)11-16(18(21)23)20-14-7-5-13(19)6-8-14/h3-10,16,20H,2,11H2,1H3/t16-/m0/s1. The van der Waals surface area contributed by atoms with Crippen molar-refractivity contribution in [1.82, 2.24) is 0 Å². The number of nitrogens with one attached hydrogen (secondary N) is 1. The van der Waals surface area contributed by atoms with Crippen molar-refractivity contribution in [1.29, 1.82) is 0 Å². The van der Waals surface area contributed by atoms with E-state index in [2.05, 4.69) is 12.2 Å². The van der Waals surface area contributed by atoms with E-state index in [1.165, 1.54) is 10.5 Å². The number of hydrogen-bond acceptors (Lipinski definition) is 3. The average Bonchev–Trinajstić information content (AvgIpc) is 2.84. The molecular weight excluding hydrogens is 312 g/mol. The van der Waals surface area contributed by atoms with Crippen LogP contribution in [0, 0.1) is 0 Å². The summed E-state index contributed by atoms with van der Waals surface area (Å²) in [5, 5.41) is 3.73. The van der Waals surface area contributed by atoms with Gasteiger partial charge in [-0.1, -0.05) is 30.7 Å². The van der Waals surface area contributed by atoms with Crippen molar-refractivity contribution >= 4 is 34.8 Å². The van der Waals surface area contributed by atoms with Crippen LogP contribution < -0.4 is 10.2 Å². The number of halogens is 1. The Balaban J connectivity index is 1.77. The van der Waals surface area contributed by atoms with Crippen molar-refractivity contribution in [3.8, 4) is 0 Å². The third-order valence-electron chi connectivity index (χ3n) is 3.93. The quantitative estimate of drug-likeness (QED) is 0.872. The second-order valence-corrected chi connectivity index (χ2v) is 5.93. The number of hydrogen-bond donors (Lipinski definition) is 1. The van der Waals surface area contributed by atoms with Gasteiger partial charge in [-0.3, -0.25) is 9.59 Å². The number of imide groups is 1. The molecule has 118 valence electrons. The van der Waals surface area contributed by atoms with Gasteiger partial charge in [0.15, 0.2) is 0 Å². The number of carbonyl (C=O) groups is 2. The van der Waals surface area contributed by atoms with Crippen LogP contribution in [0.25, 0.3) is 0 Å². The van der Waals surface area contributed by atoms with Crippen LogP contribution in [-0.4, -0.2) is 17.9 Å². The topological polar surface area (TPSA) is 49.4 Å². The molecule has 0 radical (unpaired) electrons. The molecule has 0 aliphatic carbocycles. The van der Waals surface area contributed by atoms with Crippen molar-refractivity contribution in [3.05, 3.63) is 59.1 Å². The molecule has 1 aliphatic heterocycles. The molecule has 0 unspecified atom stereocenters. The number of carbonyl (C=O) groups excluding carboxylic acids is 2. The second-order valence-electron chi connectivity index (χ2n) is 5.50. The van der Waals surface area contributed by atoms with E-state index in [0.717, 1.165) is 12.1 Å². The van der Waals surface area contributed by atoms with Crippen LogP contribution in [0.2, 0.25) is 5.02 Å². The Morgan fingerprint density at radius 3 is 2.35 bits per heavy atom. The highest BCUT2D eigenvalue weighted by Gasteiger charge is 2.39. The number of amides is 2. The van der Waals surface area contributed by atoms with Gasteiger partial charge in [-0.05, 0) is 48.4 Å². The fourth-order valence-electron chi connectivity index (χ4n) is 2.64. The molecule has 1 heterocycles. The molecule has 3 rings (SSSR count). The number of nitrogens with zero attached hydrogens (tertiary/aromatic N) is 1. The molecule has 23 heavy (non-hydrogen) atoms. The Hall–Kier alpha value is -2.33. The number of anilines is 2. The molecule has 2 aromatic carbocycles. The fourth-order valence-corrected chi connectivity index (χ4v) is 2.77. The Labute approximate surface area is 140 Å². The maximum Gasteiger partial charge on any atom is 0.256 e. The summed E-state index contributed by atoms with van der Waals surface area (Å²) in [4.78, 5) is 26.1.